The third-order valence-corrected chi connectivity index (χ3v) is 6.43. The number of aromatic hydroxyl groups is 1. The second kappa shape index (κ2) is 7.10. The molecular weight excluding hydrogens is 389 g/mol. The Morgan fingerprint density at radius 2 is 2.14 bits per heavy atom. The van der Waals surface area contributed by atoms with Crippen LogP contribution in [0.4, 0.5) is 10.1 Å². The summed E-state index contributed by atoms with van der Waals surface area (Å²) in [6.45, 7) is 1.99. The molecule has 1 amide bonds. The maximum Gasteiger partial charge on any atom is 0.326 e. The van der Waals surface area contributed by atoms with Crippen molar-refractivity contribution in [2.24, 2.45) is 5.92 Å². The van der Waals surface area contributed by atoms with E-state index in [9.17, 15) is 22.7 Å². The van der Waals surface area contributed by atoms with Gasteiger partial charge >= 0.3 is 10.2 Å². The summed E-state index contributed by atoms with van der Waals surface area (Å²) in [6, 6.07) is 4.52. The van der Waals surface area contributed by atoms with Crippen molar-refractivity contribution < 1.29 is 27.1 Å². The number of benzene rings is 1. The van der Waals surface area contributed by atoms with E-state index in [0.29, 0.717) is 22.2 Å². The first-order valence-electron chi connectivity index (χ1n) is 8.90. The van der Waals surface area contributed by atoms with Crippen LogP contribution in [0.2, 0.25) is 0 Å². The molecule has 0 spiro atoms. The molecule has 2 aliphatic heterocycles. The van der Waals surface area contributed by atoms with E-state index in [1.165, 1.54) is 12.1 Å². The minimum absolute atomic E-state index is 0.301. The van der Waals surface area contributed by atoms with Crippen molar-refractivity contribution in [2.45, 2.75) is 19.4 Å². The molecule has 1 aromatic heterocycles. The van der Waals surface area contributed by atoms with E-state index in [0.717, 1.165) is 31.6 Å². The molecule has 3 heterocycles. The number of nitrogens with zero attached hydrogens (tertiary/aromatic N) is 2. The number of hydrogen-bond donors (Lipinski definition) is 2. The number of anilines is 1. The van der Waals surface area contributed by atoms with Crippen LogP contribution in [0.1, 0.15) is 17.5 Å². The predicted octanol–water partition coefficient (Wildman–Crippen LogP) is 1.37. The standard InChI is InChI=1S/C18H20FN3O5S/c19-15-6-14(5-12-1-3-21(8-12)9-13-2-4-27-11-13)7-16(23)18(15)22-10-17(24)20-28(22,25)26/h2,4,6-7,11-12,23H,1,3,5,8-10H2,(H,20,24). The lowest BCUT2D eigenvalue weighted by atomic mass is 9.98. The van der Waals surface area contributed by atoms with Gasteiger partial charge in [-0.3, -0.25) is 9.69 Å². The number of likely N-dealkylation sites (tertiary alicyclic amines) is 1. The van der Waals surface area contributed by atoms with Crippen LogP contribution in [-0.2, 0) is 28.0 Å². The van der Waals surface area contributed by atoms with Crippen LogP contribution in [-0.4, -0.2) is 44.0 Å². The van der Waals surface area contributed by atoms with E-state index in [1.54, 1.807) is 17.2 Å². The van der Waals surface area contributed by atoms with Gasteiger partial charge in [0, 0.05) is 18.7 Å². The Balaban J connectivity index is 1.46. The number of nitrogens with one attached hydrogen (secondary N) is 1. The fourth-order valence-electron chi connectivity index (χ4n) is 3.85. The molecule has 0 bridgehead atoms. The van der Waals surface area contributed by atoms with E-state index in [2.05, 4.69) is 4.90 Å². The van der Waals surface area contributed by atoms with Gasteiger partial charge in [-0.25, -0.2) is 13.4 Å². The Hall–Kier alpha value is -2.59. The van der Waals surface area contributed by atoms with E-state index < -0.39 is 39.9 Å². The van der Waals surface area contributed by atoms with Crippen LogP contribution in [0.15, 0.2) is 35.1 Å². The fraction of sp³-hybridized carbons (Fsp3) is 0.389. The summed E-state index contributed by atoms with van der Waals surface area (Å²) >= 11 is 0. The normalized spacial score (nSPS) is 22.0. The van der Waals surface area contributed by atoms with Crippen LogP contribution >= 0.6 is 0 Å². The molecule has 1 atom stereocenters. The number of carbonyl (C=O) groups excluding carboxylic acids is 1. The van der Waals surface area contributed by atoms with Gasteiger partial charge in [-0.1, -0.05) is 0 Å². The Kier molecular flexibility index (Phi) is 4.76. The molecule has 150 valence electrons. The zero-order valence-corrected chi connectivity index (χ0v) is 15.8. The van der Waals surface area contributed by atoms with Gasteiger partial charge in [0.15, 0.2) is 5.82 Å². The molecule has 0 aliphatic carbocycles. The molecule has 0 radical (unpaired) electrons. The molecule has 2 fully saturated rings. The van der Waals surface area contributed by atoms with Crippen molar-refractivity contribution in [3.05, 3.63) is 47.7 Å². The number of amides is 1. The Morgan fingerprint density at radius 1 is 1.32 bits per heavy atom. The van der Waals surface area contributed by atoms with Crippen molar-refractivity contribution in [3.8, 4) is 5.75 Å². The van der Waals surface area contributed by atoms with Gasteiger partial charge in [0.25, 0.3) is 5.91 Å². The molecule has 10 heteroatoms. The fourth-order valence-corrected chi connectivity index (χ4v) is 5.02. The third kappa shape index (κ3) is 3.69. The zero-order chi connectivity index (χ0) is 19.9. The Bertz CT molecular complexity index is 970. The van der Waals surface area contributed by atoms with E-state index in [4.69, 9.17) is 4.42 Å². The van der Waals surface area contributed by atoms with E-state index in [1.807, 2.05) is 6.07 Å². The average Bonchev–Trinajstić information content (AvgIpc) is 3.30. The van der Waals surface area contributed by atoms with Crippen molar-refractivity contribution in [1.29, 1.82) is 0 Å². The lowest BCUT2D eigenvalue weighted by Gasteiger charge is -2.19. The topological polar surface area (TPSA) is 103 Å². The molecular formula is C18H20FN3O5S. The highest BCUT2D eigenvalue weighted by Crippen LogP contribution is 2.35. The van der Waals surface area contributed by atoms with Crippen molar-refractivity contribution in [2.75, 3.05) is 23.9 Å². The van der Waals surface area contributed by atoms with Gasteiger partial charge in [0.05, 0.1) is 12.5 Å². The van der Waals surface area contributed by atoms with E-state index in [-0.39, 0.29) is 0 Å². The van der Waals surface area contributed by atoms with Crippen molar-refractivity contribution in [3.63, 3.8) is 0 Å². The maximum atomic E-state index is 14.6. The number of phenolic OH excluding ortho intramolecular Hbond substituents is 1. The highest BCUT2D eigenvalue weighted by Gasteiger charge is 2.37. The number of furan rings is 1. The average molecular weight is 409 g/mol. The molecule has 8 nitrogen and oxygen atoms in total. The van der Waals surface area contributed by atoms with Gasteiger partial charge in [-0.2, -0.15) is 8.42 Å². The molecule has 28 heavy (non-hydrogen) atoms. The lowest BCUT2D eigenvalue weighted by Crippen LogP contribution is -2.30. The van der Waals surface area contributed by atoms with Crippen LogP contribution < -0.4 is 9.03 Å². The molecule has 2 saturated heterocycles. The summed E-state index contributed by atoms with van der Waals surface area (Å²) < 4.78 is 45.8. The summed E-state index contributed by atoms with van der Waals surface area (Å²) in [4.78, 5) is 13.6. The van der Waals surface area contributed by atoms with Crippen LogP contribution in [0.3, 0.4) is 0 Å². The molecule has 2 aliphatic rings. The monoisotopic (exact) mass is 409 g/mol. The summed E-state index contributed by atoms with van der Waals surface area (Å²) in [5, 5.41) is 10.2. The van der Waals surface area contributed by atoms with Gasteiger partial charge < -0.3 is 9.52 Å². The molecule has 2 aromatic rings. The Morgan fingerprint density at radius 3 is 2.79 bits per heavy atom. The van der Waals surface area contributed by atoms with Crippen molar-refractivity contribution in [1.82, 2.24) is 9.62 Å². The first-order valence-corrected chi connectivity index (χ1v) is 10.3. The van der Waals surface area contributed by atoms with Crippen LogP contribution in [0.25, 0.3) is 0 Å². The first kappa shape index (κ1) is 18.8. The minimum atomic E-state index is -4.18. The molecule has 4 rings (SSSR count). The summed E-state index contributed by atoms with van der Waals surface area (Å²) in [7, 11) is -4.18. The number of hydrogen-bond acceptors (Lipinski definition) is 6. The van der Waals surface area contributed by atoms with Crippen molar-refractivity contribution >= 4 is 21.8 Å². The Labute approximate surface area is 161 Å². The van der Waals surface area contributed by atoms with Gasteiger partial charge in [0.2, 0.25) is 0 Å². The quantitative estimate of drug-likeness (QED) is 0.773. The molecule has 1 unspecified atom stereocenters. The number of halogens is 1. The van der Waals surface area contributed by atoms with Gasteiger partial charge in [0.1, 0.15) is 18.0 Å². The maximum absolute atomic E-state index is 14.6. The lowest BCUT2D eigenvalue weighted by molar-refractivity contribution is -0.117. The summed E-state index contributed by atoms with van der Waals surface area (Å²) in [5.41, 5.74) is 1.18. The van der Waals surface area contributed by atoms with Crippen LogP contribution in [0, 0.1) is 11.7 Å². The summed E-state index contributed by atoms with van der Waals surface area (Å²) in [5.74, 6) is -1.84. The SMILES string of the molecule is O=C1CN(c2c(O)cc(CC3CCN(Cc4ccoc4)C3)cc2F)S(=O)(=O)N1. The van der Waals surface area contributed by atoms with Crippen LogP contribution in [0.5, 0.6) is 5.75 Å². The molecule has 1 aromatic carbocycles. The number of phenols is 1. The first-order chi connectivity index (χ1) is 13.3. The minimum Gasteiger partial charge on any atom is -0.506 e. The highest BCUT2D eigenvalue weighted by atomic mass is 32.2. The number of carbonyl (C=O) groups is 1. The zero-order valence-electron chi connectivity index (χ0n) is 15.0. The molecule has 2 N–H and O–H groups in total. The van der Waals surface area contributed by atoms with Gasteiger partial charge in [-0.15, -0.1) is 0 Å². The smallest absolute Gasteiger partial charge is 0.326 e. The van der Waals surface area contributed by atoms with Gasteiger partial charge in [-0.05, 0) is 49.1 Å². The van der Waals surface area contributed by atoms with E-state index >= 15 is 0 Å². The number of rotatable bonds is 5. The predicted molar refractivity (Wildman–Crippen MR) is 98.3 cm³/mol. The molecule has 0 saturated carbocycles. The highest BCUT2D eigenvalue weighted by molar-refractivity contribution is 7.92. The third-order valence-electron chi connectivity index (χ3n) is 5.05. The largest absolute Gasteiger partial charge is 0.506 e. The summed E-state index contributed by atoms with van der Waals surface area (Å²) in [6.07, 6.45) is 4.86. The second-order valence-corrected chi connectivity index (χ2v) is 8.80. The second-order valence-electron chi connectivity index (χ2n) is 7.21.